The highest BCUT2D eigenvalue weighted by Gasteiger charge is 2.15. The summed E-state index contributed by atoms with van der Waals surface area (Å²) in [5, 5.41) is 3.84. The van der Waals surface area contributed by atoms with Crippen LogP contribution in [-0.2, 0) is 12.8 Å². The van der Waals surface area contributed by atoms with E-state index in [2.05, 4.69) is 23.3 Å². The SMILES string of the molecule is CCNC(Cc1ccc(CC)cn1)c1ccc(F)cc1Cl. The lowest BCUT2D eigenvalue weighted by molar-refractivity contribution is 0.542. The molecule has 0 aliphatic heterocycles. The standard InChI is InChI=1S/C17H20ClFN2/c1-3-12-5-7-14(21-11-12)10-17(20-4-2)15-8-6-13(19)9-16(15)18/h5-9,11,17,20H,3-4,10H2,1-2H3. The fourth-order valence-corrected chi connectivity index (χ4v) is 2.62. The summed E-state index contributed by atoms with van der Waals surface area (Å²) in [7, 11) is 0. The van der Waals surface area contributed by atoms with E-state index in [0.717, 1.165) is 30.6 Å². The number of rotatable bonds is 6. The van der Waals surface area contributed by atoms with Gasteiger partial charge >= 0.3 is 0 Å². The summed E-state index contributed by atoms with van der Waals surface area (Å²) >= 11 is 6.17. The van der Waals surface area contributed by atoms with Crippen molar-refractivity contribution in [3.8, 4) is 0 Å². The Morgan fingerprint density at radius 1 is 1.24 bits per heavy atom. The molecule has 0 saturated carbocycles. The maximum Gasteiger partial charge on any atom is 0.124 e. The van der Waals surface area contributed by atoms with Crippen molar-refractivity contribution in [3.63, 3.8) is 0 Å². The Kier molecular flexibility index (Phi) is 5.71. The van der Waals surface area contributed by atoms with Crippen LogP contribution in [0.4, 0.5) is 4.39 Å². The van der Waals surface area contributed by atoms with Crippen LogP contribution in [0.5, 0.6) is 0 Å². The average molecular weight is 307 g/mol. The molecule has 1 unspecified atom stereocenters. The van der Waals surface area contributed by atoms with Gasteiger partial charge in [0.15, 0.2) is 0 Å². The molecule has 1 aromatic carbocycles. The summed E-state index contributed by atoms with van der Waals surface area (Å²) < 4.78 is 13.2. The van der Waals surface area contributed by atoms with Crippen LogP contribution in [-0.4, -0.2) is 11.5 Å². The van der Waals surface area contributed by atoms with Crippen LogP contribution in [0, 0.1) is 5.82 Å². The van der Waals surface area contributed by atoms with Crippen molar-refractivity contribution in [1.29, 1.82) is 0 Å². The third-order valence-corrected chi connectivity index (χ3v) is 3.82. The Morgan fingerprint density at radius 3 is 2.62 bits per heavy atom. The molecule has 112 valence electrons. The van der Waals surface area contributed by atoms with Crippen molar-refractivity contribution in [2.45, 2.75) is 32.7 Å². The van der Waals surface area contributed by atoms with Crippen LogP contribution >= 0.6 is 11.6 Å². The molecule has 4 heteroatoms. The van der Waals surface area contributed by atoms with E-state index in [1.807, 2.05) is 19.2 Å². The van der Waals surface area contributed by atoms with Gasteiger partial charge in [-0.1, -0.05) is 37.6 Å². The fourth-order valence-electron chi connectivity index (χ4n) is 2.32. The zero-order valence-electron chi connectivity index (χ0n) is 12.4. The molecule has 0 amide bonds. The third kappa shape index (κ3) is 4.26. The zero-order valence-corrected chi connectivity index (χ0v) is 13.1. The van der Waals surface area contributed by atoms with Crippen LogP contribution in [0.15, 0.2) is 36.5 Å². The number of aryl methyl sites for hydroxylation is 1. The van der Waals surface area contributed by atoms with Gasteiger partial charge in [0.1, 0.15) is 5.82 Å². The minimum atomic E-state index is -0.315. The second kappa shape index (κ2) is 7.53. The van der Waals surface area contributed by atoms with Crippen LogP contribution in [0.2, 0.25) is 5.02 Å². The molecule has 0 aliphatic rings. The van der Waals surface area contributed by atoms with Crippen molar-refractivity contribution in [3.05, 3.63) is 64.2 Å². The van der Waals surface area contributed by atoms with Crippen molar-refractivity contribution < 1.29 is 4.39 Å². The maximum absolute atomic E-state index is 13.2. The van der Waals surface area contributed by atoms with Gasteiger partial charge < -0.3 is 5.32 Å². The molecule has 0 bridgehead atoms. The zero-order chi connectivity index (χ0) is 15.2. The summed E-state index contributed by atoms with van der Waals surface area (Å²) in [6, 6.07) is 8.71. The predicted molar refractivity (Wildman–Crippen MR) is 85.1 cm³/mol. The molecule has 0 radical (unpaired) electrons. The Morgan fingerprint density at radius 2 is 2.05 bits per heavy atom. The molecule has 2 nitrogen and oxygen atoms in total. The van der Waals surface area contributed by atoms with E-state index in [1.54, 1.807) is 6.07 Å². The molecule has 1 atom stereocenters. The highest BCUT2D eigenvalue weighted by atomic mass is 35.5. The van der Waals surface area contributed by atoms with Crippen LogP contribution < -0.4 is 5.32 Å². The number of aromatic nitrogens is 1. The minimum Gasteiger partial charge on any atom is -0.310 e. The van der Waals surface area contributed by atoms with Gasteiger partial charge in [-0.2, -0.15) is 0 Å². The van der Waals surface area contributed by atoms with Crippen LogP contribution in [0.3, 0.4) is 0 Å². The highest BCUT2D eigenvalue weighted by Crippen LogP contribution is 2.26. The summed E-state index contributed by atoms with van der Waals surface area (Å²) in [6.07, 6.45) is 3.61. The summed E-state index contributed by atoms with van der Waals surface area (Å²) in [4.78, 5) is 4.49. The van der Waals surface area contributed by atoms with Crippen molar-refractivity contribution in [1.82, 2.24) is 10.3 Å². The second-order valence-electron chi connectivity index (χ2n) is 4.99. The quantitative estimate of drug-likeness (QED) is 0.859. The van der Waals surface area contributed by atoms with E-state index in [4.69, 9.17) is 11.6 Å². The number of halogens is 2. The number of hydrogen-bond acceptors (Lipinski definition) is 2. The molecule has 2 aromatic rings. The van der Waals surface area contributed by atoms with E-state index in [0.29, 0.717) is 5.02 Å². The lowest BCUT2D eigenvalue weighted by atomic mass is 10.0. The van der Waals surface area contributed by atoms with Gasteiger partial charge in [0.05, 0.1) is 0 Å². The van der Waals surface area contributed by atoms with Gasteiger partial charge in [0, 0.05) is 29.4 Å². The third-order valence-electron chi connectivity index (χ3n) is 3.50. The van der Waals surface area contributed by atoms with Gasteiger partial charge in [-0.3, -0.25) is 4.98 Å². The first-order valence-electron chi connectivity index (χ1n) is 7.26. The predicted octanol–water partition coefficient (Wildman–Crippen LogP) is 4.33. The van der Waals surface area contributed by atoms with E-state index in [-0.39, 0.29) is 11.9 Å². The van der Waals surface area contributed by atoms with Crippen molar-refractivity contribution in [2.75, 3.05) is 6.54 Å². The summed E-state index contributed by atoms with van der Waals surface area (Å²) in [5.41, 5.74) is 3.12. The van der Waals surface area contributed by atoms with Crippen molar-refractivity contribution in [2.24, 2.45) is 0 Å². The average Bonchev–Trinajstić information content (AvgIpc) is 2.48. The molecule has 2 rings (SSSR count). The number of nitrogens with one attached hydrogen (secondary N) is 1. The van der Waals surface area contributed by atoms with Crippen molar-refractivity contribution >= 4 is 11.6 Å². The molecule has 1 N–H and O–H groups in total. The molecule has 1 aromatic heterocycles. The maximum atomic E-state index is 13.2. The van der Waals surface area contributed by atoms with Gasteiger partial charge in [0.2, 0.25) is 0 Å². The Hall–Kier alpha value is -1.45. The number of benzene rings is 1. The number of likely N-dealkylation sites (N-methyl/N-ethyl adjacent to an activating group) is 1. The van der Waals surface area contributed by atoms with Gasteiger partial charge in [-0.25, -0.2) is 4.39 Å². The first-order chi connectivity index (χ1) is 10.1. The molecule has 0 spiro atoms. The molecular weight excluding hydrogens is 287 g/mol. The van der Waals surface area contributed by atoms with Gasteiger partial charge in [-0.05, 0) is 42.3 Å². The summed E-state index contributed by atoms with van der Waals surface area (Å²) in [5.74, 6) is -0.315. The van der Waals surface area contributed by atoms with E-state index >= 15 is 0 Å². The topological polar surface area (TPSA) is 24.9 Å². The lowest BCUT2D eigenvalue weighted by Crippen LogP contribution is -2.23. The molecule has 21 heavy (non-hydrogen) atoms. The smallest absolute Gasteiger partial charge is 0.124 e. The molecule has 0 saturated heterocycles. The lowest BCUT2D eigenvalue weighted by Gasteiger charge is -2.19. The largest absolute Gasteiger partial charge is 0.310 e. The first kappa shape index (κ1) is 15.9. The van der Waals surface area contributed by atoms with Gasteiger partial charge in [0.25, 0.3) is 0 Å². The molecule has 0 fully saturated rings. The van der Waals surface area contributed by atoms with Gasteiger partial charge in [-0.15, -0.1) is 0 Å². The minimum absolute atomic E-state index is 0.0306. The fraction of sp³-hybridized carbons (Fsp3) is 0.353. The number of hydrogen-bond donors (Lipinski definition) is 1. The number of pyridine rings is 1. The first-order valence-corrected chi connectivity index (χ1v) is 7.64. The second-order valence-corrected chi connectivity index (χ2v) is 5.40. The van der Waals surface area contributed by atoms with Crippen LogP contribution in [0.1, 0.15) is 36.7 Å². The normalized spacial score (nSPS) is 12.4. The Balaban J connectivity index is 2.21. The number of nitrogens with zero attached hydrogens (tertiary/aromatic N) is 1. The summed E-state index contributed by atoms with van der Waals surface area (Å²) in [6.45, 7) is 4.96. The Labute approximate surface area is 130 Å². The van der Waals surface area contributed by atoms with E-state index in [9.17, 15) is 4.39 Å². The van der Waals surface area contributed by atoms with E-state index < -0.39 is 0 Å². The Bertz CT molecular complexity index is 584. The molecule has 0 aliphatic carbocycles. The molecule has 1 heterocycles. The van der Waals surface area contributed by atoms with Crippen LogP contribution in [0.25, 0.3) is 0 Å². The molecular formula is C17H20ClFN2. The monoisotopic (exact) mass is 306 g/mol. The highest BCUT2D eigenvalue weighted by molar-refractivity contribution is 6.31. The van der Waals surface area contributed by atoms with E-state index in [1.165, 1.54) is 17.7 Å².